The molecule has 1 heterocycles. The number of hydrogen-bond donors (Lipinski definition) is 0. The van der Waals surface area contributed by atoms with E-state index in [1.54, 1.807) is 6.20 Å². The molecule has 0 amide bonds. The van der Waals surface area contributed by atoms with Gasteiger partial charge in [0.15, 0.2) is 0 Å². The fraction of sp³-hybridized carbons (Fsp3) is 0.250. The maximum atomic E-state index is 5.53. The van der Waals surface area contributed by atoms with Crippen LogP contribution in [0.1, 0.15) is 13.8 Å². The second-order valence-electron chi connectivity index (χ2n) is 3.43. The van der Waals surface area contributed by atoms with Crippen molar-refractivity contribution in [2.75, 3.05) is 0 Å². The van der Waals surface area contributed by atoms with E-state index in [4.69, 9.17) is 4.74 Å². The Morgan fingerprint density at radius 1 is 1.29 bits per heavy atom. The van der Waals surface area contributed by atoms with Gasteiger partial charge in [-0.25, -0.2) is 0 Å². The zero-order chi connectivity index (χ0) is 9.97. The van der Waals surface area contributed by atoms with Crippen LogP contribution in [0.25, 0.3) is 10.9 Å². The second-order valence-corrected chi connectivity index (χ2v) is 3.43. The van der Waals surface area contributed by atoms with Gasteiger partial charge in [-0.3, -0.25) is 4.98 Å². The molecule has 2 rings (SSSR count). The van der Waals surface area contributed by atoms with Gasteiger partial charge in [0.05, 0.1) is 17.7 Å². The molecule has 0 unspecified atom stereocenters. The molecular formula is C12H12NO. The Bertz CT molecular complexity index is 437. The summed E-state index contributed by atoms with van der Waals surface area (Å²) in [6, 6.07) is 11.0. The van der Waals surface area contributed by atoms with E-state index in [0.717, 1.165) is 16.7 Å². The average molecular weight is 186 g/mol. The lowest BCUT2D eigenvalue weighted by atomic mass is 10.2. The standard InChI is InChI=1S/C12H12NO/c1-9(2)14-11-6-5-10-4-3-7-13-12(10)8-11/h3-7,9H,1-2H3. The molecule has 0 spiro atoms. The van der Waals surface area contributed by atoms with Crippen LogP contribution in [0.3, 0.4) is 0 Å². The Morgan fingerprint density at radius 3 is 2.93 bits per heavy atom. The lowest BCUT2D eigenvalue weighted by molar-refractivity contribution is 0.242. The van der Waals surface area contributed by atoms with Crippen LogP contribution >= 0.6 is 0 Å². The van der Waals surface area contributed by atoms with Crippen LogP contribution in [-0.2, 0) is 0 Å². The summed E-state index contributed by atoms with van der Waals surface area (Å²) in [5.74, 6) is 0.756. The van der Waals surface area contributed by atoms with Crippen LogP contribution in [0.4, 0.5) is 0 Å². The normalized spacial score (nSPS) is 10.8. The molecule has 0 aliphatic carbocycles. The van der Waals surface area contributed by atoms with Crippen molar-refractivity contribution in [3.8, 4) is 5.75 Å². The minimum atomic E-state index is 0.174. The van der Waals surface area contributed by atoms with Gasteiger partial charge < -0.3 is 4.74 Å². The van der Waals surface area contributed by atoms with Gasteiger partial charge in [0.25, 0.3) is 0 Å². The molecule has 2 nitrogen and oxygen atoms in total. The number of fused-ring (bicyclic) bond motifs is 1. The average Bonchev–Trinajstić information content (AvgIpc) is 2.17. The third-order valence-corrected chi connectivity index (χ3v) is 1.86. The number of hydrogen-bond acceptors (Lipinski definition) is 2. The smallest absolute Gasteiger partial charge is 0.129 e. The Balaban J connectivity index is 2.41. The van der Waals surface area contributed by atoms with Crippen molar-refractivity contribution in [1.29, 1.82) is 0 Å². The molecule has 2 aromatic rings. The first kappa shape index (κ1) is 9.00. The maximum absolute atomic E-state index is 5.53. The molecule has 0 fully saturated rings. The van der Waals surface area contributed by atoms with E-state index in [1.165, 1.54) is 0 Å². The topological polar surface area (TPSA) is 22.1 Å². The van der Waals surface area contributed by atoms with E-state index in [-0.39, 0.29) is 6.10 Å². The SMILES string of the molecule is CC(C)Oc1[c]c2ncccc2cc1. The first-order valence-electron chi connectivity index (χ1n) is 4.69. The van der Waals surface area contributed by atoms with E-state index >= 15 is 0 Å². The first-order valence-corrected chi connectivity index (χ1v) is 4.69. The van der Waals surface area contributed by atoms with Gasteiger partial charge in [-0.15, -0.1) is 0 Å². The molecule has 0 N–H and O–H groups in total. The van der Waals surface area contributed by atoms with E-state index < -0.39 is 0 Å². The summed E-state index contributed by atoms with van der Waals surface area (Å²) in [6.07, 6.45) is 1.94. The Labute approximate surface area is 83.5 Å². The summed E-state index contributed by atoms with van der Waals surface area (Å²) >= 11 is 0. The number of rotatable bonds is 2. The van der Waals surface area contributed by atoms with Crippen LogP contribution < -0.4 is 4.74 Å². The van der Waals surface area contributed by atoms with Gasteiger partial charge >= 0.3 is 0 Å². The van der Waals surface area contributed by atoms with Crippen molar-refractivity contribution >= 4 is 10.9 Å². The van der Waals surface area contributed by atoms with Crippen molar-refractivity contribution in [2.24, 2.45) is 0 Å². The van der Waals surface area contributed by atoms with E-state index in [9.17, 15) is 0 Å². The summed E-state index contributed by atoms with van der Waals surface area (Å²) in [5.41, 5.74) is 0.852. The molecule has 0 aliphatic heterocycles. The number of aromatic nitrogens is 1. The summed E-state index contributed by atoms with van der Waals surface area (Å²) < 4.78 is 5.53. The van der Waals surface area contributed by atoms with Crippen LogP contribution in [-0.4, -0.2) is 11.1 Å². The highest BCUT2D eigenvalue weighted by Crippen LogP contribution is 2.18. The van der Waals surface area contributed by atoms with Crippen molar-refractivity contribution in [3.05, 3.63) is 36.5 Å². The molecule has 2 heteroatoms. The molecule has 0 saturated heterocycles. The summed E-state index contributed by atoms with van der Waals surface area (Å²) in [4.78, 5) is 4.21. The van der Waals surface area contributed by atoms with Crippen molar-refractivity contribution in [2.45, 2.75) is 20.0 Å². The minimum Gasteiger partial charge on any atom is -0.490 e. The fourth-order valence-electron chi connectivity index (χ4n) is 1.30. The quantitative estimate of drug-likeness (QED) is 0.719. The van der Waals surface area contributed by atoms with Gasteiger partial charge in [-0.2, -0.15) is 0 Å². The highest BCUT2D eigenvalue weighted by atomic mass is 16.5. The highest BCUT2D eigenvalue weighted by molar-refractivity contribution is 5.78. The summed E-state index contributed by atoms with van der Waals surface area (Å²) in [7, 11) is 0. The first-order chi connectivity index (χ1) is 6.75. The maximum Gasteiger partial charge on any atom is 0.129 e. The molecule has 71 valence electrons. The monoisotopic (exact) mass is 186 g/mol. The molecule has 1 radical (unpaired) electrons. The molecule has 0 saturated carbocycles. The zero-order valence-electron chi connectivity index (χ0n) is 8.32. The van der Waals surface area contributed by atoms with Gasteiger partial charge in [-0.05, 0) is 32.0 Å². The molecule has 0 atom stereocenters. The molecule has 1 aromatic carbocycles. The number of nitrogens with zero attached hydrogens (tertiary/aromatic N) is 1. The lowest BCUT2D eigenvalue weighted by Crippen LogP contribution is -2.05. The predicted molar refractivity (Wildman–Crippen MR) is 56.3 cm³/mol. The number of benzene rings is 1. The van der Waals surface area contributed by atoms with Crippen molar-refractivity contribution in [3.63, 3.8) is 0 Å². The van der Waals surface area contributed by atoms with Gasteiger partial charge in [0.2, 0.25) is 0 Å². The molecule has 0 aliphatic rings. The highest BCUT2D eigenvalue weighted by Gasteiger charge is 2.00. The van der Waals surface area contributed by atoms with E-state index in [2.05, 4.69) is 11.1 Å². The third kappa shape index (κ3) is 1.84. The Hall–Kier alpha value is -1.57. The largest absolute Gasteiger partial charge is 0.490 e. The van der Waals surface area contributed by atoms with Crippen LogP contribution in [0, 0.1) is 6.07 Å². The van der Waals surface area contributed by atoms with E-state index in [0.29, 0.717) is 0 Å². The van der Waals surface area contributed by atoms with E-state index in [1.807, 2.05) is 38.1 Å². The molecule has 14 heavy (non-hydrogen) atoms. The predicted octanol–water partition coefficient (Wildman–Crippen LogP) is 2.82. The summed E-state index contributed by atoms with van der Waals surface area (Å²) in [6.45, 7) is 3.99. The molecule has 1 aromatic heterocycles. The van der Waals surface area contributed by atoms with Crippen LogP contribution in [0.2, 0.25) is 0 Å². The zero-order valence-corrected chi connectivity index (χ0v) is 8.32. The molecular weight excluding hydrogens is 174 g/mol. The Morgan fingerprint density at radius 2 is 2.14 bits per heavy atom. The third-order valence-electron chi connectivity index (χ3n) is 1.86. The Kier molecular flexibility index (Phi) is 2.35. The van der Waals surface area contributed by atoms with Gasteiger partial charge in [-0.1, -0.05) is 6.07 Å². The summed E-state index contributed by atoms with van der Waals surface area (Å²) in [5, 5.41) is 1.09. The van der Waals surface area contributed by atoms with Crippen LogP contribution in [0.5, 0.6) is 5.75 Å². The molecule has 0 bridgehead atoms. The van der Waals surface area contributed by atoms with Crippen LogP contribution in [0.15, 0.2) is 30.5 Å². The fourth-order valence-corrected chi connectivity index (χ4v) is 1.30. The van der Waals surface area contributed by atoms with Gasteiger partial charge in [0.1, 0.15) is 5.75 Å². The number of pyridine rings is 1. The lowest BCUT2D eigenvalue weighted by Gasteiger charge is -2.09. The van der Waals surface area contributed by atoms with Crippen molar-refractivity contribution in [1.82, 2.24) is 4.98 Å². The minimum absolute atomic E-state index is 0.174. The number of ether oxygens (including phenoxy) is 1. The van der Waals surface area contributed by atoms with Crippen molar-refractivity contribution < 1.29 is 4.74 Å². The second kappa shape index (κ2) is 3.66. The van der Waals surface area contributed by atoms with Gasteiger partial charge in [0, 0.05) is 11.6 Å².